The Morgan fingerprint density at radius 3 is 2.81 bits per heavy atom. The van der Waals surface area contributed by atoms with Crippen LogP contribution in [0.2, 0.25) is 5.02 Å². The number of nitrogens with one attached hydrogen (secondary N) is 1. The minimum absolute atomic E-state index is 0.112. The van der Waals surface area contributed by atoms with Crippen molar-refractivity contribution in [1.82, 2.24) is 4.98 Å². The van der Waals surface area contributed by atoms with E-state index in [-0.39, 0.29) is 23.0 Å². The van der Waals surface area contributed by atoms with Gasteiger partial charge in [0.25, 0.3) is 0 Å². The van der Waals surface area contributed by atoms with Crippen LogP contribution in [0, 0.1) is 5.82 Å². The van der Waals surface area contributed by atoms with Gasteiger partial charge in [0.1, 0.15) is 5.82 Å². The molecule has 5 nitrogen and oxygen atoms in total. The first-order chi connectivity index (χ1) is 12.8. The van der Waals surface area contributed by atoms with Gasteiger partial charge in [0.2, 0.25) is 5.91 Å². The topological polar surface area (TPSA) is 76.1 Å². The molecular formula is C19H14ClFN2O3S. The summed E-state index contributed by atoms with van der Waals surface area (Å²) in [6, 6.07) is 8.67. The average molecular weight is 405 g/mol. The number of fused-ring (bicyclic) bond motifs is 2. The Balaban J connectivity index is 1.72. The molecule has 0 fully saturated rings. The van der Waals surface area contributed by atoms with Gasteiger partial charge in [-0.25, -0.2) is 12.8 Å². The number of hydrogen-bond donors (Lipinski definition) is 1. The molecule has 0 unspecified atom stereocenters. The van der Waals surface area contributed by atoms with Crippen LogP contribution >= 0.6 is 11.6 Å². The van der Waals surface area contributed by atoms with Crippen LogP contribution in [0.4, 0.5) is 10.1 Å². The van der Waals surface area contributed by atoms with Crippen molar-refractivity contribution in [3.8, 4) is 0 Å². The summed E-state index contributed by atoms with van der Waals surface area (Å²) < 4.78 is 38.0. The lowest BCUT2D eigenvalue weighted by Gasteiger charge is -2.25. The van der Waals surface area contributed by atoms with E-state index in [1.807, 2.05) is 0 Å². The molecule has 27 heavy (non-hydrogen) atoms. The SMILES string of the molecule is O=C(Nc1cncc2cc(F)ccc12)[C@H]1CCS(=O)(=O)c2ccc(Cl)cc21. The maximum Gasteiger partial charge on any atom is 0.232 e. The highest BCUT2D eigenvalue weighted by Crippen LogP contribution is 2.36. The first-order valence-electron chi connectivity index (χ1n) is 8.21. The number of anilines is 1. The van der Waals surface area contributed by atoms with Crippen LogP contribution in [0.5, 0.6) is 0 Å². The van der Waals surface area contributed by atoms with Crippen molar-refractivity contribution in [2.45, 2.75) is 17.2 Å². The van der Waals surface area contributed by atoms with Crippen molar-refractivity contribution < 1.29 is 17.6 Å². The summed E-state index contributed by atoms with van der Waals surface area (Å²) in [7, 11) is -3.43. The number of nitrogens with zero attached hydrogens (tertiary/aromatic N) is 1. The summed E-state index contributed by atoms with van der Waals surface area (Å²) in [6.07, 6.45) is 3.15. The van der Waals surface area contributed by atoms with Gasteiger partial charge in [-0.05, 0) is 48.4 Å². The number of carbonyl (C=O) groups is 1. The van der Waals surface area contributed by atoms with Crippen LogP contribution in [0.15, 0.2) is 53.7 Å². The van der Waals surface area contributed by atoms with Gasteiger partial charge in [-0.15, -0.1) is 0 Å². The Kier molecular flexibility index (Phi) is 4.36. The molecule has 1 N–H and O–H groups in total. The van der Waals surface area contributed by atoms with E-state index in [0.29, 0.717) is 27.0 Å². The van der Waals surface area contributed by atoms with Crippen molar-refractivity contribution in [3.63, 3.8) is 0 Å². The van der Waals surface area contributed by atoms with Crippen LogP contribution in [-0.4, -0.2) is 25.1 Å². The van der Waals surface area contributed by atoms with Crippen LogP contribution in [-0.2, 0) is 14.6 Å². The molecule has 1 aliphatic rings. The van der Waals surface area contributed by atoms with Crippen molar-refractivity contribution in [3.05, 3.63) is 65.2 Å². The zero-order valence-corrected chi connectivity index (χ0v) is 15.5. The smallest absolute Gasteiger partial charge is 0.232 e. The van der Waals surface area contributed by atoms with Gasteiger partial charge >= 0.3 is 0 Å². The predicted molar refractivity (Wildman–Crippen MR) is 101 cm³/mol. The molecule has 0 radical (unpaired) electrons. The molecular weight excluding hydrogens is 391 g/mol. The van der Waals surface area contributed by atoms with E-state index in [1.54, 1.807) is 6.07 Å². The highest BCUT2D eigenvalue weighted by Gasteiger charge is 2.34. The van der Waals surface area contributed by atoms with Gasteiger partial charge < -0.3 is 5.32 Å². The first kappa shape index (κ1) is 17.9. The first-order valence-corrected chi connectivity index (χ1v) is 10.2. The van der Waals surface area contributed by atoms with E-state index < -0.39 is 21.6 Å². The van der Waals surface area contributed by atoms with Crippen molar-refractivity contribution in [1.29, 1.82) is 0 Å². The van der Waals surface area contributed by atoms with Crippen molar-refractivity contribution in [2.24, 2.45) is 0 Å². The summed E-state index contributed by atoms with van der Waals surface area (Å²) in [5.41, 5.74) is 0.833. The zero-order valence-electron chi connectivity index (χ0n) is 13.9. The Morgan fingerprint density at radius 2 is 2.00 bits per heavy atom. The third-order valence-electron chi connectivity index (χ3n) is 4.65. The fraction of sp³-hybridized carbons (Fsp3) is 0.158. The Hall–Kier alpha value is -2.51. The molecule has 8 heteroatoms. The standard InChI is InChI=1S/C19H14ClFN2O3S/c20-12-1-4-18-16(8-12)15(5-6-27(18,25)26)19(24)23-17-10-22-9-11-7-13(21)2-3-14(11)17/h1-4,7-10,15H,5-6H2,(H,23,24)/t15-/m0/s1. The summed E-state index contributed by atoms with van der Waals surface area (Å²) in [5.74, 6) is -1.52. The number of hydrogen-bond acceptors (Lipinski definition) is 4. The molecule has 0 saturated heterocycles. The van der Waals surface area contributed by atoms with Gasteiger partial charge in [-0.2, -0.15) is 0 Å². The Bertz CT molecular complexity index is 1180. The number of aromatic nitrogens is 1. The van der Waals surface area contributed by atoms with E-state index in [0.717, 1.165) is 0 Å². The molecule has 4 rings (SSSR count). The maximum atomic E-state index is 13.4. The second-order valence-corrected chi connectivity index (χ2v) is 8.90. The lowest BCUT2D eigenvalue weighted by molar-refractivity contribution is -0.117. The van der Waals surface area contributed by atoms with Crippen molar-refractivity contribution in [2.75, 3.05) is 11.1 Å². The fourth-order valence-electron chi connectivity index (χ4n) is 3.35. The molecule has 1 atom stereocenters. The number of amides is 1. The summed E-state index contributed by atoms with van der Waals surface area (Å²) in [5, 5.41) is 4.37. The van der Waals surface area contributed by atoms with E-state index in [1.165, 1.54) is 42.7 Å². The van der Waals surface area contributed by atoms with Gasteiger partial charge in [0.15, 0.2) is 9.84 Å². The van der Waals surface area contributed by atoms with Gasteiger partial charge in [0, 0.05) is 22.0 Å². The van der Waals surface area contributed by atoms with Gasteiger partial charge in [-0.3, -0.25) is 9.78 Å². The summed E-state index contributed by atoms with van der Waals surface area (Å²) >= 11 is 6.02. The quantitative estimate of drug-likeness (QED) is 0.702. The summed E-state index contributed by atoms with van der Waals surface area (Å²) in [4.78, 5) is 17.1. The highest BCUT2D eigenvalue weighted by molar-refractivity contribution is 7.91. The fourth-order valence-corrected chi connectivity index (χ4v) is 5.13. The maximum absolute atomic E-state index is 13.4. The molecule has 138 valence electrons. The molecule has 2 heterocycles. The minimum atomic E-state index is -3.43. The number of pyridine rings is 1. The molecule has 3 aromatic rings. The highest BCUT2D eigenvalue weighted by atomic mass is 35.5. The molecule has 1 amide bonds. The predicted octanol–water partition coefficient (Wildman–Crippen LogP) is 3.93. The van der Waals surface area contributed by atoms with E-state index in [9.17, 15) is 17.6 Å². The number of benzene rings is 2. The zero-order chi connectivity index (χ0) is 19.2. The number of carbonyl (C=O) groups excluding carboxylic acids is 1. The Labute approximate surface area is 160 Å². The number of halogens is 2. The third-order valence-corrected chi connectivity index (χ3v) is 6.70. The van der Waals surface area contributed by atoms with E-state index >= 15 is 0 Å². The minimum Gasteiger partial charge on any atom is -0.324 e. The van der Waals surface area contributed by atoms with Crippen LogP contribution in [0.25, 0.3) is 10.8 Å². The molecule has 2 aromatic carbocycles. The summed E-state index contributed by atoms with van der Waals surface area (Å²) in [6.45, 7) is 0. The van der Waals surface area contributed by atoms with Crippen molar-refractivity contribution >= 4 is 43.8 Å². The van der Waals surface area contributed by atoms with Crippen LogP contribution in [0.3, 0.4) is 0 Å². The molecule has 0 aliphatic carbocycles. The van der Waals surface area contributed by atoms with Crippen LogP contribution < -0.4 is 5.32 Å². The monoisotopic (exact) mass is 404 g/mol. The number of rotatable bonds is 2. The van der Waals surface area contributed by atoms with E-state index in [2.05, 4.69) is 10.3 Å². The molecule has 0 bridgehead atoms. The molecule has 1 aliphatic heterocycles. The van der Waals surface area contributed by atoms with Crippen LogP contribution in [0.1, 0.15) is 17.9 Å². The normalized spacial score (nSPS) is 18.1. The average Bonchev–Trinajstić information content (AvgIpc) is 2.61. The van der Waals surface area contributed by atoms with Gasteiger partial charge in [-0.1, -0.05) is 11.6 Å². The third kappa shape index (κ3) is 3.28. The second kappa shape index (κ2) is 6.58. The Morgan fingerprint density at radius 1 is 1.19 bits per heavy atom. The second-order valence-electron chi connectivity index (χ2n) is 6.38. The molecule has 0 spiro atoms. The molecule has 1 aromatic heterocycles. The lowest BCUT2D eigenvalue weighted by Crippen LogP contribution is -2.29. The lowest BCUT2D eigenvalue weighted by atomic mass is 9.94. The molecule has 0 saturated carbocycles. The largest absolute Gasteiger partial charge is 0.324 e. The number of sulfone groups is 1. The van der Waals surface area contributed by atoms with E-state index in [4.69, 9.17) is 11.6 Å². The van der Waals surface area contributed by atoms with Gasteiger partial charge in [0.05, 0.1) is 28.5 Å².